The van der Waals surface area contributed by atoms with Crippen LogP contribution in [0.5, 0.6) is 23.0 Å². The largest absolute Gasteiger partial charge is 0.505 e. The lowest BCUT2D eigenvalue weighted by molar-refractivity contribution is 0.0224. The van der Waals surface area contributed by atoms with E-state index in [4.69, 9.17) is 9.47 Å². The van der Waals surface area contributed by atoms with Gasteiger partial charge in [0.15, 0.2) is 5.60 Å². The summed E-state index contributed by atoms with van der Waals surface area (Å²) >= 11 is 0. The summed E-state index contributed by atoms with van der Waals surface area (Å²) in [5.41, 5.74) is -0.936. The summed E-state index contributed by atoms with van der Waals surface area (Å²) in [5, 5.41) is 25.7. The van der Waals surface area contributed by atoms with Crippen LogP contribution in [0.15, 0.2) is 58.9 Å². The van der Waals surface area contributed by atoms with E-state index < -0.39 is 23.1 Å². The van der Waals surface area contributed by atoms with E-state index in [9.17, 15) is 24.8 Å². The number of aromatic hydroxyl groups is 2. The Morgan fingerprint density at radius 2 is 1.34 bits per heavy atom. The number of hydrogen-bond donors (Lipinski definition) is 2. The zero-order valence-corrected chi connectivity index (χ0v) is 14.4. The Labute approximate surface area is 162 Å². The van der Waals surface area contributed by atoms with Gasteiger partial charge in [0.25, 0.3) is 0 Å². The first-order chi connectivity index (χ1) is 14.0. The van der Waals surface area contributed by atoms with Crippen molar-refractivity contribution in [1.29, 1.82) is 0 Å². The lowest BCUT2D eigenvalue weighted by Crippen LogP contribution is -2.33. The number of esters is 1. The minimum absolute atomic E-state index is 0.0955. The number of nitrogens with zero attached hydrogens (tertiary/aromatic N) is 2. The van der Waals surface area contributed by atoms with Gasteiger partial charge in [0.2, 0.25) is 0 Å². The quantitative estimate of drug-likeness (QED) is 0.487. The van der Waals surface area contributed by atoms with Crippen molar-refractivity contribution in [2.75, 3.05) is 0 Å². The standard InChI is InChI=1S/C20H10N2O7/c23-15-7-17-11(5-13(15)21-26)20(10-4-2-1-3-9(10)19(25)29-20)12-6-14(22-27)16(24)8-18(12)28-17/h1-8,23-24H. The number of phenolic OH excluding ortho intramolecular Hbond substituents is 2. The van der Waals surface area contributed by atoms with Gasteiger partial charge in [-0.2, -0.15) is 0 Å². The van der Waals surface area contributed by atoms with Crippen molar-refractivity contribution in [2.45, 2.75) is 5.60 Å². The molecule has 3 aromatic rings. The fourth-order valence-corrected chi connectivity index (χ4v) is 3.86. The number of nitroso groups, excluding NO2 is 2. The molecule has 29 heavy (non-hydrogen) atoms. The molecule has 2 N–H and O–H groups in total. The van der Waals surface area contributed by atoms with Crippen molar-refractivity contribution in [3.8, 4) is 23.0 Å². The van der Waals surface area contributed by atoms with Gasteiger partial charge in [-0.3, -0.25) is 0 Å². The summed E-state index contributed by atoms with van der Waals surface area (Å²) in [6, 6.07) is 11.5. The maximum absolute atomic E-state index is 12.7. The normalized spacial score (nSPS) is 15.0. The highest BCUT2D eigenvalue weighted by atomic mass is 16.6. The molecule has 0 fully saturated rings. The summed E-state index contributed by atoms with van der Waals surface area (Å²) < 4.78 is 11.6. The molecule has 2 heterocycles. The average molecular weight is 390 g/mol. The van der Waals surface area contributed by atoms with Crippen LogP contribution in [0.25, 0.3) is 0 Å². The fourth-order valence-electron chi connectivity index (χ4n) is 3.86. The first kappa shape index (κ1) is 16.9. The van der Waals surface area contributed by atoms with Gasteiger partial charge in [-0.1, -0.05) is 18.2 Å². The molecule has 0 atom stereocenters. The van der Waals surface area contributed by atoms with Gasteiger partial charge in [0.05, 0.1) is 16.7 Å². The minimum Gasteiger partial charge on any atom is -0.505 e. The van der Waals surface area contributed by atoms with Gasteiger partial charge in [0.1, 0.15) is 34.4 Å². The van der Waals surface area contributed by atoms with Gasteiger partial charge in [0, 0.05) is 17.7 Å². The Hall–Kier alpha value is -4.27. The molecular formula is C20H10N2O7. The van der Waals surface area contributed by atoms with Crippen molar-refractivity contribution in [1.82, 2.24) is 0 Å². The Bertz CT molecular complexity index is 1190. The zero-order valence-electron chi connectivity index (χ0n) is 14.4. The van der Waals surface area contributed by atoms with E-state index in [1.54, 1.807) is 24.3 Å². The number of ether oxygens (including phenoxy) is 2. The maximum Gasteiger partial charge on any atom is 0.340 e. The summed E-state index contributed by atoms with van der Waals surface area (Å²) in [5.74, 6) is -1.28. The number of carbonyl (C=O) groups is 1. The highest BCUT2D eigenvalue weighted by Crippen LogP contribution is 2.59. The van der Waals surface area contributed by atoms with E-state index in [1.165, 1.54) is 24.3 Å². The Kier molecular flexibility index (Phi) is 3.27. The van der Waals surface area contributed by atoms with E-state index in [0.717, 1.165) is 0 Å². The Balaban J connectivity index is 1.94. The van der Waals surface area contributed by atoms with Crippen LogP contribution in [0.4, 0.5) is 11.4 Å². The van der Waals surface area contributed by atoms with E-state index in [-0.39, 0.29) is 39.6 Å². The highest BCUT2D eigenvalue weighted by molar-refractivity contribution is 5.97. The number of fused-ring (bicyclic) bond motifs is 6. The first-order valence-electron chi connectivity index (χ1n) is 8.42. The first-order valence-corrected chi connectivity index (χ1v) is 8.42. The van der Waals surface area contributed by atoms with Crippen LogP contribution >= 0.6 is 0 Å². The summed E-state index contributed by atoms with van der Waals surface area (Å²) in [6.07, 6.45) is 0. The smallest absolute Gasteiger partial charge is 0.340 e. The van der Waals surface area contributed by atoms with Crippen LogP contribution < -0.4 is 4.74 Å². The Morgan fingerprint density at radius 1 is 0.793 bits per heavy atom. The van der Waals surface area contributed by atoms with E-state index in [1.807, 2.05) is 0 Å². The van der Waals surface area contributed by atoms with E-state index in [0.29, 0.717) is 5.56 Å². The monoisotopic (exact) mass is 390 g/mol. The van der Waals surface area contributed by atoms with Crippen molar-refractivity contribution in [3.05, 3.63) is 80.6 Å². The van der Waals surface area contributed by atoms with E-state index in [2.05, 4.69) is 10.4 Å². The molecule has 9 heteroatoms. The number of carbonyl (C=O) groups excluding carboxylic acids is 1. The number of hydrogen-bond acceptors (Lipinski definition) is 9. The number of phenols is 2. The van der Waals surface area contributed by atoms with Crippen LogP contribution in [-0.2, 0) is 10.3 Å². The molecule has 2 aliphatic heterocycles. The number of benzene rings is 3. The van der Waals surface area contributed by atoms with Gasteiger partial charge in [-0.25, -0.2) is 4.79 Å². The van der Waals surface area contributed by atoms with Crippen LogP contribution in [0.2, 0.25) is 0 Å². The second-order valence-electron chi connectivity index (χ2n) is 6.58. The molecule has 0 bridgehead atoms. The van der Waals surface area contributed by atoms with Gasteiger partial charge < -0.3 is 19.7 Å². The predicted molar refractivity (Wildman–Crippen MR) is 98.9 cm³/mol. The lowest BCUT2D eigenvalue weighted by atomic mass is 9.77. The second kappa shape index (κ2) is 5.61. The molecular weight excluding hydrogens is 380 g/mol. The third-order valence-corrected chi connectivity index (χ3v) is 5.10. The van der Waals surface area contributed by atoms with Crippen molar-refractivity contribution in [2.24, 2.45) is 10.4 Å². The minimum atomic E-state index is -1.59. The molecule has 0 saturated heterocycles. The van der Waals surface area contributed by atoms with E-state index >= 15 is 0 Å². The van der Waals surface area contributed by atoms with Crippen molar-refractivity contribution in [3.63, 3.8) is 0 Å². The molecule has 142 valence electrons. The molecule has 0 unspecified atom stereocenters. The van der Waals surface area contributed by atoms with Crippen LogP contribution in [0, 0.1) is 9.81 Å². The molecule has 0 saturated carbocycles. The lowest BCUT2D eigenvalue weighted by Gasteiger charge is -2.36. The van der Waals surface area contributed by atoms with Gasteiger partial charge in [-0.15, -0.1) is 9.81 Å². The van der Waals surface area contributed by atoms with Crippen molar-refractivity contribution < 1.29 is 24.5 Å². The van der Waals surface area contributed by atoms with Gasteiger partial charge in [-0.05, 0) is 28.6 Å². The zero-order chi connectivity index (χ0) is 20.3. The highest BCUT2D eigenvalue weighted by Gasteiger charge is 2.54. The molecule has 0 aliphatic carbocycles. The van der Waals surface area contributed by atoms with Gasteiger partial charge >= 0.3 is 5.97 Å². The average Bonchev–Trinajstić information content (AvgIpc) is 3.01. The molecule has 1 spiro atoms. The molecule has 0 amide bonds. The Morgan fingerprint density at radius 3 is 1.90 bits per heavy atom. The topological polar surface area (TPSA) is 135 Å². The van der Waals surface area contributed by atoms with Crippen LogP contribution in [0.3, 0.4) is 0 Å². The van der Waals surface area contributed by atoms with Crippen molar-refractivity contribution >= 4 is 17.3 Å². The summed E-state index contributed by atoms with van der Waals surface area (Å²) in [7, 11) is 0. The summed E-state index contributed by atoms with van der Waals surface area (Å²) in [6.45, 7) is 0. The van der Waals surface area contributed by atoms with Crippen LogP contribution in [-0.4, -0.2) is 16.2 Å². The maximum atomic E-state index is 12.7. The molecule has 9 nitrogen and oxygen atoms in total. The molecule has 2 aliphatic rings. The fraction of sp³-hybridized carbons (Fsp3) is 0.0500. The summed E-state index contributed by atoms with van der Waals surface area (Å²) in [4.78, 5) is 35.0. The second-order valence-corrected chi connectivity index (χ2v) is 6.58. The molecule has 5 rings (SSSR count). The predicted octanol–water partition coefficient (Wildman–Crippen LogP) is 4.46. The molecule has 0 aromatic heterocycles. The van der Waals surface area contributed by atoms with Crippen LogP contribution in [0.1, 0.15) is 27.0 Å². The number of rotatable bonds is 2. The molecule has 3 aromatic carbocycles. The molecule has 0 radical (unpaired) electrons. The third kappa shape index (κ3) is 2.06. The third-order valence-electron chi connectivity index (χ3n) is 5.10. The SMILES string of the molecule is O=Nc1cc2c(cc1O)Oc1cc(O)c(N=O)cc1C21OC(=O)c2ccccc21.